The van der Waals surface area contributed by atoms with Crippen LogP contribution in [-0.2, 0) is 9.53 Å². The average molecular weight is 396 g/mol. The SMILES string of the molecule is CCOC(=O)c1ccc(N(CN2CCCC2=O)C(=O)c2cccc(OC)c2)cc1. The Kier molecular flexibility index (Phi) is 6.49. The van der Waals surface area contributed by atoms with Crippen molar-refractivity contribution >= 4 is 23.5 Å². The van der Waals surface area contributed by atoms with Gasteiger partial charge in [-0.2, -0.15) is 0 Å². The van der Waals surface area contributed by atoms with Crippen LogP contribution in [0.2, 0.25) is 0 Å². The van der Waals surface area contributed by atoms with E-state index >= 15 is 0 Å². The van der Waals surface area contributed by atoms with E-state index in [2.05, 4.69) is 0 Å². The number of esters is 1. The number of anilines is 1. The standard InChI is InChI=1S/C22H24N2O5/c1-3-29-22(27)16-9-11-18(12-10-16)24(15-23-13-5-8-20(23)25)21(26)17-6-4-7-19(14-17)28-2/h4,6-7,9-12,14H,3,5,8,13,15H2,1-2H3. The van der Waals surface area contributed by atoms with Crippen LogP contribution in [0.4, 0.5) is 5.69 Å². The molecule has 29 heavy (non-hydrogen) atoms. The molecule has 7 heteroatoms. The van der Waals surface area contributed by atoms with Gasteiger partial charge in [-0.05, 0) is 55.8 Å². The minimum Gasteiger partial charge on any atom is -0.497 e. The van der Waals surface area contributed by atoms with Gasteiger partial charge in [0.2, 0.25) is 5.91 Å². The van der Waals surface area contributed by atoms with E-state index in [-0.39, 0.29) is 25.1 Å². The first-order chi connectivity index (χ1) is 14.0. The van der Waals surface area contributed by atoms with Gasteiger partial charge in [0.15, 0.2) is 0 Å². The molecule has 0 bridgehead atoms. The number of amides is 2. The Labute approximate surface area is 169 Å². The van der Waals surface area contributed by atoms with E-state index in [4.69, 9.17) is 9.47 Å². The summed E-state index contributed by atoms with van der Waals surface area (Å²) < 4.78 is 10.2. The zero-order chi connectivity index (χ0) is 20.8. The normalized spacial score (nSPS) is 13.3. The van der Waals surface area contributed by atoms with E-state index in [9.17, 15) is 14.4 Å². The first kappa shape index (κ1) is 20.4. The quantitative estimate of drug-likeness (QED) is 0.672. The van der Waals surface area contributed by atoms with Crippen molar-refractivity contribution in [3.8, 4) is 5.75 Å². The minimum atomic E-state index is -0.417. The van der Waals surface area contributed by atoms with Crippen molar-refractivity contribution in [2.75, 3.05) is 31.8 Å². The molecule has 1 aliphatic heterocycles. The lowest BCUT2D eigenvalue weighted by atomic mass is 10.1. The number of benzene rings is 2. The van der Waals surface area contributed by atoms with Crippen LogP contribution in [0.15, 0.2) is 48.5 Å². The molecule has 1 fully saturated rings. The molecule has 1 saturated heterocycles. The number of likely N-dealkylation sites (tertiary alicyclic amines) is 1. The van der Waals surface area contributed by atoms with Crippen molar-refractivity contribution in [3.63, 3.8) is 0 Å². The molecule has 2 amide bonds. The fraction of sp³-hybridized carbons (Fsp3) is 0.318. The lowest BCUT2D eigenvalue weighted by Crippen LogP contribution is -2.42. The summed E-state index contributed by atoms with van der Waals surface area (Å²) in [5, 5.41) is 0. The van der Waals surface area contributed by atoms with Gasteiger partial charge in [-0.1, -0.05) is 6.07 Å². The zero-order valence-electron chi connectivity index (χ0n) is 16.6. The summed E-state index contributed by atoms with van der Waals surface area (Å²) in [6.07, 6.45) is 1.27. The maximum Gasteiger partial charge on any atom is 0.338 e. The monoisotopic (exact) mass is 396 g/mol. The molecule has 0 spiro atoms. The van der Waals surface area contributed by atoms with Gasteiger partial charge in [0, 0.05) is 24.2 Å². The van der Waals surface area contributed by atoms with Gasteiger partial charge in [-0.25, -0.2) is 4.79 Å². The summed E-state index contributed by atoms with van der Waals surface area (Å²) in [6, 6.07) is 13.5. The van der Waals surface area contributed by atoms with Crippen molar-refractivity contribution in [1.82, 2.24) is 4.90 Å². The lowest BCUT2D eigenvalue weighted by molar-refractivity contribution is -0.127. The summed E-state index contributed by atoms with van der Waals surface area (Å²) in [5.41, 5.74) is 1.44. The van der Waals surface area contributed by atoms with Crippen LogP contribution in [0.3, 0.4) is 0 Å². The molecule has 2 aromatic carbocycles. The number of rotatable bonds is 7. The molecule has 7 nitrogen and oxygen atoms in total. The van der Waals surface area contributed by atoms with E-state index < -0.39 is 5.97 Å². The molecule has 1 aliphatic rings. The average Bonchev–Trinajstić information content (AvgIpc) is 3.16. The summed E-state index contributed by atoms with van der Waals surface area (Å²) in [6.45, 7) is 2.79. The number of carbonyl (C=O) groups is 3. The second-order valence-corrected chi connectivity index (χ2v) is 6.63. The van der Waals surface area contributed by atoms with E-state index in [1.165, 1.54) is 4.90 Å². The third kappa shape index (κ3) is 4.74. The van der Waals surface area contributed by atoms with Crippen molar-refractivity contribution in [3.05, 3.63) is 59.7 Å². The highest BCUT2D eigenvalue weighted by Crippen LogP contribution is 2.23. The fourth-order valence-electron chi connectivity index (χ4n) is 3.19. The summed E-state index contributed by atoms with van der Waals surface area (Å²) >= 11 is 0. The van der Waals surface area contributed by atoms with Crippen molar-refractivity contribution in [1.29, 1.82) is 0 Å². The molecule has 152 valence electrons. The second-order valence-electron chi connectivity index (χ2n) is 6.63. The Morgan fingerprint density at radius 1 is 1.10 bits per heavy atom. The Balaban J connectivity index is 1.91. The second kappa shape index (κ2) is 9.23. The molecule has 0 atom stereocenters. The highest BCUT2D eigenvalue weighted by Gasteiger charge is 2.26. The first-order valence-electron chi connectivity index (χ1n) is 9.54. The number of carbonyl (C=O) groups excluding carboxylic acids is 3. The number of ether oxygens (including phenoxy) is 2. The van der Waals surface area contributed by atoms with Crippen LogP contribution >= 0.6 is 0 Å². The van der Waals surface area contributed by atoms with Gasteiger partial charge in [-0.3, -0.25) is 14.5 Å². The van der Waals surface area contributed by atoms with Gasteiger partial charge in [0.1, 0.15) is 12.4 Å². The Morgan fingerprint density at radius 3 is 2.48 bits per heavy atom. The van der Waals surface area contributed by atoms with Gasteiger partial charge in [0.25, 0.3) is 5.91 Å². The first-order valence-corrected chi connectivity index (χ1v) is 9.54. The van der Waals surface area contributed by atoms with Crippen LogP contribution in [0.5, 0.6) is 5.75 Å². The zero-order valence-corrected chi connectivity index (χ0v) is 16.6. The third-order valence-corrected chi connectivity index (χ3v) is 4.74. The molecule has 1 heterocycles. The Morgan fingerprint density at radius 2 is 1.86 bits per heavy atom. The van der Waals surface area contributed by atoms with E-state index in [1.54, 1.807) is 67.5 Å². The minimum absolute atomic E-state index is 0.0246. The maximum absolute atomic E-state index is 13.3. The van der Waals surface area contributed by atoms with Crippen LogP contribution in [-0.4, -0.2) is 49.6 Å². The van der Waals surface area contributed by atoms with Crippen LogP contribution in [0.25, 0.3) is 0 Å². The molecule has 0 saturated carbocycles. The Hall–Kier alpha value is -3.35. The molecular weight excluding hydrogens is 372 g/mol. The third-order valence-electron chi connectivity index (χ3n) is 4.74. The van der Waals surface area contributed by atoms with Gasteiger partial charge in [0.05, 0.1) is 19.3 Å². The number of nitrogens with zero attached hydrogens (tertiary/aromatic N) is 2. The molecule has 0 radical (unpaired) electrons. The largest absolute Gasteiger partial charge is 0.497 e. The number of methoxy groups -OCH3 is 1. The molecular formula is C22H24N2O5. The predicted molar refractivity (Wildman–Crippen MR) is 108 cm³/mol. The lowest BCUT2D eigenvalue weighted by Gasteiger charge is -2.28. The molecule has 0 aliphatic carbocycles. The van der Waals surface area contributed by atoms with Crippen molar-refractivity contribution < 1.29 is 23.9 Å². The van der Waals surface area contributed by atoms with Gasteiger partial charge in [-0.15, -0.1) is 0 Å². The van der Waals surface area contributed by atoms with Crippen molar-refractivity contribution in [2.45, 2.75) is 19.8 Å². The number of hydrogen-bond donors (Lipinski definition) is 0. The molecule has 0 unspecified atom stereocenters. The maximum atomic E-state index is 13.3. The molecule has 2 aromatic rings. The summed E-state index contributed by atoms with van der Waals surface area (Å²) in [5.74, 6) is -0.0748. The highest BCUT2D eigenvalue weighted by molar-refractivity contribution is 6.06. The smallest absolute Gasteiger partial charge is 0.338 e. The molecule has 3 rings (SSSR count). The van der Waals surface area contributed by atoms with E-state index in [1.807, 2.05) is 0 Å². The Bertz CT molecular complexity index is 894. The fourth-order valence-corrected chi connectivity index (χ4v) is 3.19. The predicted octanol–water partition coefficient (Wildman–Crippen LogP) is 3.10. The van der Waals surface area contributed by atoms with Gasteiger partial charge < -0.3 is 14.4 Å². The number of hydrogen-bond acceptors (Lipinski definition) is 5. The van der Waals surface area contributed by atoms with E-state index in [0.29, 0.717) is 35.5 Å². The van der Waals surface area contributed by atoms with Crippen LogP contribution < -0.4 is 9.64 Å². The van der Waals surface area contributed by atoms with Crippen LogP contribution in [0.1, 0.15) is 40.5 Å². The molecule has 0 aromatic heterocycles. The van der Waals surface area contributed by atoms with Gasteiger partial charge >= 0.3 is 5.97 Å². The summed E-state index contributed by atoms with van der Waals surface area (Å²) in [7, 11) is 1.54. The summed E-state index contributed by atoms with van der Waals surface area (Å²) in [4.78, 5) is 40.5. The van der Waals surface area contributed by atoms with E-state index in [0.717, 1.165) is 6.42 Å². The van der Waals surface area contributed by atoms with Crippen LogP contribution in [0, 0.1) is 0 Å². The van der Waals surface area contributed by atoms with Crippen molar-refractivity contribution in [2.24, 2.45) is 0 Å². The molecule has 0 N–H and O–H groups in total. The highest BCUT2D eigenvalue weighted by atomic mass is 16.5. The topological polar surface area (TPSA) is 76.2 Å².